The molecule has 1 aliphatic carbocycles. The van der Waals surface area contributed by atoms with Crippen LogP contribution in [0, 0.1) is 0 Å². The van der Waals surface area contributed by atoms with Gasteiger partial charge in [-0.25, -0.2) is 4.98 Å². The highest BCUT2D eigenvalue weighted by Crippen LogP contribution is 2.49. The van der Waals surface area contributed by atoms with Gasteiger partial charge < -0.3 is 10.8 Å². The van der Waals surface area contributed by atoms with Crippen molar-refractivity contribution >= 4 is 16.6 Å². The number of pyridine rings is 2. The number of aromatic nitrogens is 4. The molecule has 4 heterocycles. The number of aliphatic hydroxyl groups is 1. The minimum Gasteiger partial charge on any atom is -0.395 e. The van der Waals surface area contributed by atoms with Crippen LogP contribution in [-0.4, -0.2) is 61.5 Å². The number of nitrogens with zero attached hydrogens (tertiary/aromatic N) is 5. The third-order valence-corrected chi connectivity index (χ3v) is 7.35. The molecule has 2 aliphatic rings. The van der Waals surface area contributed by atoms with Gasteiger partial charge in [-0.3, -0.25) is 9.30 Å². The maximum Gasteiger partial charge on any atom is 0.408 e. The minimum absolute atomic E-state index is 0.0498. The Hall–Kier alpha value is -3.08. The molecule has 2 fully saturated rings. The lowest BCUT2D eigenvalue weighted by Crippen LogP contribution is -2.38. The van der Waals surface area contributed by atoms with Crippen LogP contribution >= 0.6 is 0 Å². The van der Waals surface area contributed by atoms with Crippen molar-refractivity contribution in [3.63, 3.8) is 0 Å². The van der Waals surface area contributed by atoms with Crippen molar-refractivity contribution in [2.45, 2.75) is 42.9 Å². The van der Waals surface area contributed by atoms with Crippen LogP contribution in [0.1, 0.15) is 36.4 Å². The van der Waals surface area contributed by atoms with Crippen LogP contribution in [0.25, 0.3) is 28.1 Å². The number of alkyl halides is 3. The number of rotatable bonds is 5. The van der Waals surface area contributed by atoms with E-state index < -0.39 is 12.2 Å². The normalized spacial score (nSPS) is 21.1. The van der Waals surface area contributed by atoms with E-state index in [9.17, 15) is 18.3 Å². The Morgan fingerprint density at radius 2 is 1.94 bits per heavy atom. The molecule has 182 valence electrons. The predicted molar refractivity (Wildman–Crippen MR) is 125 cm³/mol. The molecule has 4 aromatic rings. The van der Waals surface area contributed by atoms with Crippen LogP contribution in [0.4, 0.5) is 13.2 Å². The van der Waals surface area contributed by atoms with Gasteiger partial charge in [-0.2, -0.15) is 13.2 Å². The highest BCUT2D eigenvalue weighted by molar-refractivity contribution is 5.85. The summed E-state index contributed by atoms with van der Waals surface area (Å²) in [6.07, 6.45) is -0.674. The first-order chi connectivity index (χ1) is 16.8. The minimum atomic E-state index is -4.45. The molecule has 1 aliphatic heterocycles. The van der Waals surface area contributed by atoms with Crippen LogP contribution in [0.3, 0.4) is 0 Å². The first-order valence-corrected chi connectivity index (χ1v) is 11.7. The summed E-state index contributed by atoms with van der Waals surface area (Å²) < 4.78 is 44.0. The molecule has 3 aromatic heterocycles. The van der Waals surface area contributed by atoms with Gasteiger partial charge >= 0.3 is 6.18 Å². The van der Waals surface area contributed by atoms with Crippen LogP contribution in [0.15, 0.2) is 48.7 Å². The Morgan fingerprint density at radius 1 is 1.11 bits per heavy atom. The van der Waals surface area contributed by atoms with Crippen molar-refractivity contribution < 1.29 is 18.3 Å². The summed E-state index contributed by atoms with van der Waals surface area (Å²) >= 11 is 0. The number of nitrogens with two attached hydrogens (primary N) is 1. The molecule has 10 heteroatoms. The molecule has 1 saturated carbocycles. The summed E-state index contributed by atoms with van der Waals surface area (Å²) in [5.74, 6) is 0.367. The Kier molecular flexibility index (Phi) is 5.10. The van der Waals surface area contributed by atoms with Crippen molar-refractivity contribution in [3.05, 3.63) is 59.8 Å². The van der Waals surface area contributed by atoms with Crippen LogP contribution in [0.5, 0.6) is 0 Å². The molecule has 35 heavy (non-hydrogen) atoms. The summed E-state index contributed by atoms with van der Waals surface area (Å²) in [7, 11) is 0. The van der Waals surface area contributed by atoms with Crippen LogP contribution < -0.4 is 5.73 Å². The Morgan fingerprint density at radius 3 is 2.63 bits per heavy atom. The fraction of sp³-hybridized carbons (Fsp3) is 0.400. The molecule has 1 saturated heterocycles. The van der Waals surface area contributed by atoms with Gasteiger partial charge in [-0.1, -0.05) is 30.3 Å². The van der Waals surface area contributed by atoms with Gasteiger partial charge in [0.05, 0.1) is 12.1 Å². The van der Waals surface area contributed by atoms with Crippen molar-refractivity contribution in [2.75, 3.05) is 19.7 Å². The molecular formula is C25H25F3N6O. The SMILES string of the molecule is NC1CCN([C@H](c2ccc3nnc(-c4ccc5cccc(C6(CO)CC6)c5n4)n3c2)C(F)(F)F)C1. The van der Waals surface area contributed by atoms with Crippen molar-refractivity contribution in [3.8, 4) is 11.5 Å². The second-order valence-corrected chi connectivity index (χ2v) is 9.71. The van der Waals surface area contributed by atoms with Gasteiger partial charge in [0, 0.05) is 36.1 Å². The van der Waals surface area contributed by atoms with Gasteiger partial charge in [0.25, 0.3) is 0 Å². The zero-order chi connectivity index (χ0) is 24.4. The van der Waals surface area contributed by atoms with Crippen molar-refractivity contribution in [1.29, 1.82) is 0 Å². The lowest BCUT2D eigenvalue weighted by molar-refractivity contribution is -0.183. The van der Waals surface area contributed by atoms with E-state index >= 15 is 0 Å². The fourth-order valence-corrected chi connectivity index (χ4v) is 5.26. The van der Waals surface area contributed by atoms with Crippen molar-refractivity contribution in [2.24, 2.45) is 5.73 Å². The number of benzene rings is 1. The van der Waals surface area contributed by atoms with E-state index in [1.165, 1.54) is 17.2 Å². The monoisotopic (exact) mass is 482 g/mol. The zero-order valence-corrected chi connectivity index (χ0v) is 18.9. The zero-order valence-electron chi connectivity index (χ0n) is 18.9. The van der Waals surface area contributed by atoms with E-state index in [2.05, 4.69) is 10.2 Å². The molecule has 2 atom stereocenters. The Bertz CT molecular complexity index is 1410. The largest absolute Gasteiger partial charge is 0.408 e. The smallest absolute Gasteiger partial charge is 0.395 e. The highest BCUT2D eigenvalue weighted by atomic mass is 19.4. The molecule has 3 N–H and O–H groups in total. The highest BCUT2D eigenvalue weighted by Gasteiger charge is 2.47. The number of likely N-dealkylation sites (tertiary alicyclic amines) is 1. The number of halogens is 3. The average Bonchev–Trinajstić information content (AvgIpc) is 3.35. The summed E-state index contributed by atoms with van der Waals surface area (Å²) in [6.45, 7) is 0.535. The number of para-hydroxylation sites is 1. The standard InChI is InChI=1S/C25H25F3N6O/c26-25(27,28)22(33-11-8-17(29)13-33)16-5-7-20-31-32-23(34(20)12-16)19-6-4-15-2-1-3-18(21(15)30-19)24(14-35)9-10-24/h1-7,12,17,22,35H,8-11,13-14,29H2/t17?,22-/m1/s1. The number of hydrogen-bond donors (Lipinski definition) is 2. The number of hydrogen-bond acceptors (Lipinski definition) is 6. The van der Waals surface area contributed by atoms with Gasteiger partial charge in [0.15, 0.2) is 11.5 Å². The predicted octanol–water partition coefficient (Wildman–Crippen LogP) is 3.60. The third kappa shape index (κ3) is 3.76. The Balaban J connectivity index is 1.46. The summed E-state index contributed by atoms with van der Waals surface area (Å²) in [5, 5.41) is 19.3. The van der Waals surface area contributed by atoms with Crippen molar-refractivity contribution in [1.82, 2.24) is 24.5 Å². The molecular weight excluding hydrogens is 457 g/mol. The lowest BCUT2D eigenvalue weighted by atomic mass is 9.94. The quantitative estimate of drug-likeness (QED) is 0.452. The topological polar surface area (TPSA) is 92.6 Å². The molecule has 0 radical (unpaired) electrons. The third-order valence-electron chi connectivity index (χ3n) is 7.35. The maximum atomic E-state index is 14.1. The molecule has 7 nitrogen and oxygen atoms in total. The Labute approximate surface area is 199 Å². The van der Waals surface area contributed by atoms with Crippen LogP contribution in [-0.2, 0) is 5.41 Å². The lowest BCUT2D eigenvalue weighted by Gasteiger charge is -2.30. The van der Waals surface area contributed by atoms with Gasteiger partial charge in [0.2, 0.25) is 0 Å². The first-order valence-electron chi connectivity index (χ1n) is 11.7. The first kappa shape index (κ1) is 22.4. The second kappa shape index (κ2) is 7.97. The van der Waals surface area contributed by atoms with E-state index in [1.54, 1.807) is 16.5 Å². The average molecular weight is 483 g/mol. The van der Waals surface area contributed by atoms with Gasteiger partial charge in [0.1, 0.15) is 11.7 Å². The summed E-state index contributed by atoms with van der Waals surface area (Å²) in [6, 6.07) is 10.6. The molecule has 1 unspecified atom stereocenters. The van der Waals surface area contributed by atoms with E-state index in [0.717, 1.165) is 29.3 Å². The van der Waals surface area contributed by atoms with E-state index in [4.69, 9.17) is 10.7 Å². The molecule has 0 bridgehead atoms. The molecule has 6 rings (SSSR count). The molecule has 0 amide bonds. The molecule has 0 spiro atoms. The molecule has 1 aromatic carbocycles. The maximum absolute atomic E-state index is 14.1. The van der Waals surface area contributed by atoms with Crippen LogP contribution in [0.2, 0.25) is 0 Å². The fourth-order valence-electron chi connectivity index (χ4n) is 5.26. The van der Waals surface area contributed by atoms with E-state index in [0.29, 0.717) is 30.1 Å². The van der Waals surface area contributed by atoms with E-state index in [-0.39, 0.29) is 30.2 Å². The van der Waals surface area contributed by atoms with Gasteiger partial charge in [-0.15, -0.1) is 10.2 Å². The van der Waals surface area contributed by atoms with Gasteiger partial charge in [-0.05, 0) is 42.5 Å². The summed E-state index contributed by atoms with van der Waals surface area (Å²) in [5.41, 5.74) is 8.43. The number of fused-ring (bicyclic) bond motifs is 2. The second-order valence-electron chi connectivity index (χ2n) is 9.71. The summed E-state index contributed by atoms with van der Waals surface area (Å²) in [4.78, 5) is 6.24. The number of aliphatic hydroxyl groups excluding tert-OH is 1. The van der Waals surface area contributed by atoms with E-state index in [1.807, 2.05) is 24.3 Å².